The highest BCUT2D eigenvalue weighted by Crippen LogP contribution is 2.34. The highest BCUT2D eigenvalue weighted by molar-refractivity contribution is 5.76. The first-order valence-electron chi connectivity index (χ1n) is 8.38. The fraction of sp³-hybridized carbons (Fsp3) is 0.941. The molecule has 0 spiro atoms. The van der Waals surface area contributed by atoms with Gasteiger partial charge in [-0.2, -0.15) is 0 Å². The smallest absolute Gasteiger partial charge is 0.222 e. The fourth-order valence-electron chi connectivity index (χ4n) is 3.09. The van der Waals surface area contributed by atoms with Crippen molar-refractivity contribution in [2.75, 3.05) is 33.4 Å². The van der Waals surface area contributed by atoms with Gasteiger partial charge in [-0.1, -0.05) is 27.7 Å². The van der Waals surface area contributed by atoms with E-state index in [0.29, 0.717) is 30.3 Å². The van der Waals surface area contributed by atoms with Crippen LogP contribution in [0.2, 0.25) is 0 Å². The predicted octanol–water partition coefficient (Wildman–Crippen LogP) is 2.68. The molecule has 0 radical (unpaired) electrons. The highest BCUT2D eigenvalue weighted by atomic mass is 16.5. The van der Waals surface area contributed by atoms with Gasteiger partial charge in [-0.25, -0.2) is 0 Å². The van der Waals surface area contributed by atoms with Crippen molar-refractivity contribution in [2.24, 2.45) is 11.3 Å². The molecule has 1 amide bonds. The molecule has 2 atom stereocenters. The number of nitrogens with zero attached hydrogens (tertiary/aromatic N) is 1. The van der Waals surface area contributed by atoms with Gasteiger partial charge in [0.05, 0.1) is 6.61 Å². The van der Waals surface area contributed by atoms with Crippen molar-refractivity contribution in [3.8, 4) is 0 Å². The number of ether oxygens (including phenoxy) is 1. The molecular formula is C17H34N2O2. The van der Waals surface area contributed by atoms with Crippen molar-refractivity contribution in [3.63, 3.8) is 0 Å². The molecule has 1 saturated heterocycles. The van der Waals surface area contributed by atoms with Crippen LogP contribution in [0.5, 0.6) is 0 Å². The first-order valence-corrected chi connectivity index (χ1v) is 8.38. The molecule has 21 heavy (non-hydrogen) atoms. The second-order valence-electron chi connectivity index (χ2n) is 7.34. The van der Waals surface area contributed by atoms with Crippen LogP contribution < -0.4 is 5.32 Å². The van der Waals surface area contributed by atoms with Crippen molar-refractivity contribution >= 4 is 5.91 Å². The summed E-state index contributed by atoms with van der Waals surface area (Å²) in [6.07, 6.45) is 3.93. The molecule has 0 aromatic rings. The van der Waals surface area contributed by atoms with E-state index in [9.17, 15) is 4.79 Å². The third-order valence-corrected chi connectivity index (χ3v) is 4.52. The van der Waals surface area contributed by atoms with Gasteiger partial charge in [0.1, 0.15) is 0 Å². The Morgan fingerprint density at radius 3 is 2.67 bits per heavy atom. The van der Waals surface area contributed by atoms with E-state index >= 15 is 0 Å². The number of carbonyl (C=O) groups is 1. The van der Waals surface area contributed by atoms with Crippen LogP contribution in [0.3, 0.4) is 0 Å². The van der Waals surface area contributed by atoms with Gasteiger partial charge < -0.3 is 15.0 Å². The maximum absolute atomic E-state index is 12.4. The first-order chi connectivity index (χ1) is 9.88. The Balaban J connectivity index is 2.58. The van der Waals surface area contributed by atoms with Crippen LogP contribution >= 0.6 is 0 Å². The maximum atomic E-state index is 12.4. The molecule has 0 aromatic carbocycles. The molecule has 2 unspecified atom stereocenters. The van der Waals surface area contributed by atoms with E-state index in [1.54, 1.807) is 7.11 Å². The zero-order chi connectivity index (χ0) is 15.9. The van der Waals surface area contributed by atoms with Gasteiger partial charge in [-0.15, -0.1) is 0 Å². The fourth-order valence-corrected chi connectivity index (χ4v) is 3.09. The Kier molecular flexibility index (Phi) is 7.67. The predicted molar refractivity (Wildman–Crippen MR) is 87.3 cm³/mol. The van der Waals surface area contributed by atoms with Crippen LogP contribution in [0.15, 0.2) is 0 Å². The molecule has 0 bridgehead atoms. The lowest BCUT2D eigenvalue weighted by atomic mass is 9.77. The number of nitrogens with one attached hydrogen (secondary N) is 1. The van der Waals surface area contributed by atoms with E-state index in [1.165, 1.54) is 0 Å². The second-order valence-corrected chi connectivity index (χ2v) is 7.34. The first kappa shape index (κ1) is 18.4. The van der Waals surface area contributed by atoms with Crippen molar-refractivity contribution < 1.29 is 9.53 Å². The molecule has 4 heteroatoms. The summed E-state index contributed by atoms with van der Waals surface area (Å²) in [5.74, 6) is 0.942. The van der Waals surface area contributed by atoms with Gasteiger partial charge in [0.15, 0.2) is 0 Å². The second kappa shape index (κ2) is 8.74. The van der Waals surface area contributed by atoms with E-state index in [-0.39, 0.29) is 6.04 Å². The van der Waals surface area contributed by atoms with Gasteiger partial charge in [0.2, 0.25) is 5.91 Å². The molecule has 124 valence electrons. The Hall–Kier alpha value is -0.610. The number of rotatable bonds is 7. The summed E-state index contributed by atoms with van der Waals surface area (Å²) in [6.45, 7) is 12.3. The van der Waals surface area contributed by atoms with E-state index in [2.05, 4.69) is 33.0 Å². The van der Waals surface area contributed by atoms with Gasteiger partial charge in [0, 0.05) is 32.7 Å². The molecule has 1 fully saturated rings. The molecule has 0 aliphatic carbocycles. The third-order valence-electron chi connectivity index (χ3n) is 4.52. The number of hydrogen-bond donors (Lipinski definition) is 1. The lowest BCUT2D eigenvalue weighted by Gasteiger charge is -2.30. The number of amides is 1. The SMILES string of the molecule is CCCNC(COC)CN1CCC(C(C)(C)C)CCC1=O. The Morgan fingerprint density at radius 1 is 1.38 bits per heavy atom. The van der Waals surface area contributed by atoms with Gasteiger partial charge in [-0.05, 0) is 37.1 Å². The minimum absolute atomic E-state index is 0.241. The van der Waals surface area contributed by atoms with E-state index in [4.69, 9.17) is 4.74 Å². The lowest BCUT2D eigenvalue weighted by molar-refractivity contribution is -0.131. The Labute approximate surface area is 130 Å². The van der Waals surface area contributed by atoms with Crippen molar-refractivity contribution in [1.82, 2.24) is 10.2 Å². The largest absolute Gasteiger partial charge is 0.383 e. The molecule has 0 aromatic heterocycles. The van der Waals surface area contributed by atoms with Gasteiger partial charge in [-0.3, -0.25) is 4.79 Å². The average Bonchev–Trinajstić information content (AvgIpc) is 2.59. The van der Waals surface area contributed by atoms with Gasteiger partial charge in [0.25, 0.3) is 0 Å². The summed E-state index contributed by atoms with van der Waals surface area (Å²) in [6, 6.07) is 0.241. The number of carbonyl (C=O) groups excluding carboxylic acids is 1. The van der Waals surface area contributed by atoms with E-state index in [1.807, 2.05) is 4.90 Å². The van der Waals surface area contributed by atoms with Crippen molar-refractivity contribution in [2.45, 2.75) is 59.4 Å². The zero-order valence-electron chi connectivity index (χ0n) is 14.6. The Morgan fingerprint density at radius 2 is 2.10 bits per heavy atom. The van der Waals surface area contributed by atoms with Crippen LogP contribution in [0.4, 0.5) is 0 Å². The van der Waals surface area contributed by atoms with E-state index in [0.717, 1.165) is 38.9 Å². The molecule has 1 N–H and O–H groups in total. The van der Waals surface area contributed by atoms with Gasteiger partial charge >= 0.3 is 0 Å². The standard InChI is InChI=1S/C17H34N2O2/c1-6-10-18-15(13-21-5)12-19-11-9-14(17(2,3)4)7-8-16(19)20/h14-15,18H,6-13H2,1-5H3. The quantitative estimate of drug-likeness (QED) is 0.785. The maximum Gasteiger partial charge on any atom is 0.222 e. The summed E-state index contributed by atoms with van der Waals surface area (Å²) in [5.41, 5.74) is 0.294. The molecular weight excluding hydrogens is 264 g/mol. The highest BCUT2D eigenvalue weighted by Gasteiger charge is 2.30. The molecule has 4 nitrogen and oxygen atoms in total. The van der Waals surface area contributed by atoms with E-state index < -0.39 is 0 Å². The number of hydrogen-bond acceptors (Lipinski definition) is 3. The topological polar surface area (TPSA) is 41.6 Å². The van der Waals surface area contributed by atoms with Crippen LogP contribution in [0.1, 0.15) is 53.4 Å². The van der Waals surface area contributed by atoms with Crippen molar-refractivity contribution in [3.05, 3.63) is 0 Å². The number of likely N-dealkylation sites (tertiary alicyclic amines) is 1. The van der Waals surface area contributed by atoms with Crippen LogP contribution in [-0.2, 0) is 9.53 Å². The summed E-state index contributed by atoms with van der Waals surface area (Å²) >= 11 is 0. The summed E-state index contributed by atoms with van der Waals surface area (Å²) in [7, 11) is 1.72. The number of methoxy groups -OCH3 is 1. The monoisotopic (exact) mass is 298 g/mol. The molecule has 0 saturated carbocycles. The lowest BCUT2D eigenvalue weighted by Crippen LogP contribution is -2.46. The summed E-state index contributed by atoms with van der Waals surface area (Å²) in [5, 5.41) is 3.48. The summed E-state index contributed by atoms with van der Waals surface area (Å²) < 4.78 is 5.28. The zero-order valence-corrected chi connectivity index (χ0v) is 14.6. The van der Waals surface area contributed by atoms with Crippen molar-refractivity contribution in [1.29, 1.82) is 0 Å². The Bertz CT molecular complexity index is 312. The van der Waals surface area contributed by atoms with Crippen LogP contribution in [0.25, 0.3) is 0 Å². The average molecular weight is 298 g/mol. The minimum atomic E-state index is 0.241. The normalized spacial score (nSPS) is 22.2. The molecule has 1 aliphatic heterocycles. The van der Waals surface area contributed by atoms with Crippen LogP contribution in [0, 0.1) is 11.3 Å². The minimum Gasteiger partial charge on any atom is -0.383 e. The third kappa shape index (κ3) is 6.35. The summed E-state index contributed by atoms with van der Waals surface area (Å²) in [4.78, 5) is 14.4. The molecule has 1 heterocycles. The molecule has 1 rings (SSSR count). The molecule has 1 aliphatic rings. The van der Waals surface area contributed by atoms with Crippen LogP contribution in [-0.4, -0.2) is 50.2 Å².